The summed E-state index contributed by atoms with van der Waals surface area (Å²) in [7, 11) is 3.89. The lowest BCUT2D eigenvalue weighted by atomic mass is 9.98. The molecular formula is C23H27FN2O3S. The molecule has 30 heavy (non-hydrogen) atoms. The lowest BCUT2D eigenvalue weighted by Gasteiger charge is -2.41. The van der Waals surface area contributed by atoms with Crippen molar-refractivity contribution >= 4 is 16.9 Å². The highest BCUT2D eigenvalue weighted by atomic mass is 32.2. The minimum Gasteiger partial charge on any atom is -0.368 e. The highest BCUT2D eigenvalue weighted by molar-refractivity contribution is 8.14. The molecule has 0 N–H and O–H groups in total. The number of amidine groups is 1. The molecule has 1 saturated heterocycles. The van der Waals surface area contributed by atoms with E-state index in [9.17, 15) is 4.39 Å². The van der Waals surface area contributed by atoms with E-state index in [0.717, 1.165) is 16.3 Å². The first-order valence-corrected chi connectivity index (χ1v) is 11.0. The molecule has 5 atom stereocenters. The average Bonchev–Trinajstić information content (AvgIpc) is 3.21. The molecular weight excluding hydrogens is 403 g/mol. The van der Waals surface area contributed by atoms with Gasteiger partial charge in [-0.1, -0.05) is 72.4 Å². The maximum Gasteiger partial charge on any atom is 0.161 e. The van der Waals surface area contributed by atoms with Gasteiger partial charge in [0.2, 0.25) is 0 Å². The zero-order valence-electron chi connectivity index (χ0n) is 17.2. The molecule has 0 aromatic heterocycles. The molecule has 0 spiro atoms. The number of hydrogen-bond donors (Lipinski definition) is 0. The molecule has 0 radical (unpaired) electrons. The lowest BCUT2D eigenvalue weighted by Crippen LogP contribution is -2.57. The largest absolute Gasteiger partial charge is 0.368 e. The first-order valence-electron chi connectivity index (χ1n) is 10.1. The van der Waals surface area contributed by atoms with Gasteiger partial charge in [0.1, 0.15) is 36.5 Å². The summed E-state index contributed by atoms with van der Waals surface area (Å²) in [5.74, 6) is 0. The Bertz CT molecular complexity index is 837. The van der Waals surface area contributed by atoms with Crippen molar-refractivity contribution in [2.75, 3.05) is 20.8 Å². The third kappa shape index (κ3) is 4.86. The summed E-state index contributed by atoms with van der Waals surface area (Å²) in [6, 6.07) is 19.6. The van der Waals surface area contributed by atoms with Gasteiger partial charge in [-0.25, -0.2) is 4.39 Å². The Labute approximate surface area is 181 Å². The van der Waals surface area contributed by atoms with Crippen LogP contribution in [0.2, 0.25) is 0 Å². The molecule has 2 aromatic rings. The molecule has 1 fully saturated rings. The van der Waals surface area contributed by atoms with Crippen LogP contribution in [0.3, 0.4) is 0 Å². The molecule has 2 heterocycles. The van der Waals surface area contributed by atoms with Crippen molar-refractivity contribution in [3.63, 3.8) is 0 Å². The highest BCUT2D eigenvalue weighted by Gasteiger charge is 2.51. The second-order valence-corrected chi connectivity index (χ2v) is 8.70. The minimum absolute atomic E-state index is 0.250. The molecule has 2 aromatic carbocycles. The van der Waals surface area contributed by atoms with Gasteiger partial charge < -0.3 is 19.1 Å². The number of hydrogen-bond acceptors (Lipinski definition) is 6. The Morgan fingerprint density at radius 2 is 1.50 bits per heavy atom. The van der Waals surface area contributed by atoms with Crippen LogP contribution >= 0.6 is 11.8 Å². The molecule has 0 aliphatic carbocycles. The number of benzene rings is 2. The third-order valence-corrected chi connectivity index (χ3v) is 6.50. The van der Waals surface area contributed by atoms with Gasteiger partial charge in [-0.2, -0.15) is 0 Å². The molecule has 0 unspecified atom stereocenters. The number of ether oxygens (including phenoxy) is 3. The van der Waals surface area contributed by atoms with Gasteiger partial charge >= 0.3 is 0 Å². The maximum absolute atomic E-state index is 14.0. The van der Waals surface area contributed by atoms with Crippen molar-refractivity contribution in [2.24, 2.45) is 4.99 Å². The van der Waals surface area contributed by atoms with Crippen LogP contribution in [0.1, 0.15) is 11.1 Å². The van der Waals surface area contributed by atoms with E-state index in [0.29, 0.717) is 13.2 Å². The van der Waals surface area contributed by atoms with E-state index in [1.54, 1.807) is 0 Å². The van der Waals surface area contributed by atoms with E-state index < -0.39 is 25.0 Å². The zero-order chi connectivity index (χ0) is 20.9. The first kappa shape index (κ1) is 21.3. The summed E-state index contributed by atoms with van der Waals surface area (Å²) in [4.78, 5) is 6.78. The Kier molecular flexibility index (Phi) is 7.04. The van der Waals surface area contributed by atoms with Gasteiger partial charge in [-0.3, -0.25) is 4.99 Å². The van der Waals surface area contributed by atoms with Gasteiger partial charge in [0.25, 0.3) is 0 Å². The van der Waals surface area contributed by atoms with E-state index in [-0.39, 0.29) is 11.5 Å². The fourth-order valence-electron chi connectivity index (χ4n) is 3.66. The molecule has 0 saturated carbocycles. The van der Waals surface area contributed by atoms with Crippen LogP contribution in [0, 0.1) is 0 Å². The third-order valence-electron chi connectivity index (χ3n) is 5.20. The SMILES string of the molecule is CN(C)C1=N[C@@H]2[C@@H](OCc3ccccc3)[C@@H](OCc3ccccc3)[C@H](CF)O[C@@H]2S1. The predicted molar refractivity (Wildman–Crippen MR) is 117 cm³/mol. The summed E-state index contributed by atoms with van der Waals surface area (Å²) in [6.07, 6.45) is -1.65. The monoisotopic (exact) mass is 430 g/mol. The number of rotatable bonds is 7. The number of halogens is 1. The van der Waals surface area contributed by atoms with Crippen molar-refractivity contribution in [3.8, 4) is 0 Å². The Morgan fingerprint density at radius 3 is 2.03 bits per heavy atom. The number of nitrogens with zero attached hydrogens (tertiary/aromatic N) is 2. The summed E-state index contributed by atoms with van der Waals surface area (Å²) >= 11 is 1.52. The topological polar surface area (TPSA) is 43.3 Å². The fraction of sp³-hybridized carbons (Fsp3) is 0.435. The van der Waals surface area contributed by atoms with Crippen molar-refractivity contribution in [3.05, 3.63) is 71.8 Å². The standard InChI is InChI=1S/C23H27FN2O3S/c1-26(2)23-25-19-21(28-15-17-11-7-4-8-12-17)20(18(13-24)29-22(19)30-23)27-14-16-9-5-3-6-10-16/h3-12,18-22H,13-15H2,1-2H3/t18-,19+,20-,21+,22+/m0/s1. The van der Waals surface area contributed by atoms with Gasteiger partial charge in [0.15, 0.2) is 5.17 Å². The molecule has 2 aliphatic rings. The lowest BCUT2D eigenvalue weighted by molar-refractivity contribution is -0.200. The number of fused-ring (bicyclic) bond motifs is 1. The number of alkyl halides is 1. The predicted octanol–water partition coefficient (Wildman–Crippen LogP) is 3.88. The van der Waals surface area contributed by atoms with E-state index in [1.165, 1.54) is 11.8 Å². The quantitative estimate of drug-likeness (QED) is 0.667. The van der Waals surface area contributed by atoms with E-state index >= 15 is 0 Å². The van der Waals surface area contributed by atoms with Crippen LogP contribution in [0.15, 0.2) is 65.7 Å². The molecule has 0 amide bonds. The zero-order valence-corrected chi connectivity index (χ0v) is 18.0. The minimum atomic E-state index is -0.694. The van der Waals surface area contributed by atoms with E-state index in [1.807, 2.05) is 79.7 Å². The Hall–Kier alpha value is -1.93. The van der Waals surface area contributed by atoms with Crippen molar-refractivity contribution < 1.29 is 18.6 Å². The van der Waals surface area contributed by atoms with Crippen LogP contribution in [-0.4, -0.2) is 60.6 Å². The average molecular weight is 431 g/mol. The smallest absolute Gasteiger partial charge is 0.161 e. The van der Waals surface area contributed by atoms with Gasteiger partial charge in [0, 0.05) is 14.1 Å². The molecule has 160 valence electrons. The Morgan fingerprint density at radius 1 is 0.933 bits per heavy atom. The van der Waals surface area contributed by atoms with Crippen LogP contribution in [0.5, 0.6) is 0 Å². The van der Waals surface area contributed by atoms with Gasteiger partial charge in [-0.05, 0) is 11.1 Å². The normalized spacial score (nSPS) is 28.1. The van der Waals surface area contributed by atoms with Crippen LogP contribution in [0.4, 0.5) is 4.39 Å². The summed E-state index contributed by atoms with van der Waals surface area (Å²) in [5.41, 5.74) is 1.81. The van der Waals surface area contributed by atoms with E-state index in [4.69, 9.17) is 19.2 Å². The maximum atomic E-state index is 14.0. The molecule has 5 nitrogen and oxygen atoms in total. The highest BCUT2D eigenvalue weighted by Crippen LogP contribution is 2.39. The number of thioether (sulfide) groups is 1. The second-order valence-electron chi connectivity index (χ2n) is 7.63. The van der Waals surface area contributed by atoms with Crippen LogP contribution < -0.4 is 0 Å². The summed E-state index contributed by atoms with van der Waals surface area (Å²) in [5, 5.41) is 0.861. The Balaban J connectivity index is 1.56. The van der Waals surface area contributed by atoms with Crippen LogP contribution in [-0.2, 0) is 27.4 Å². The summed E-state index contributed by atoms with van der Waals surface area (Å²) in [6.45, 7) is 0.146. The first-order chi connectivity index (χ1) is 14.7. The van der Waals surface area contributed by atoms with Crippen molar-refractivity contribution in [1.82, 2.24) is 4.90 Å². The number of aliphatic imine (C=N–C) groups is 1. The van der Waals surface area contributed by atoms with Gasteiger partial charge in [0.05, 0.1) is 13.2 Å². The van der Waals surface area contributed by atoms with Crippen LogP contribution in [0.25, 0.3) is 0 Å². The molecule has 0 bridgehead atoms. The second kappa shape index (κ2) is 9.92. The van der Waals surface area contributed by atoms with Crippen molar-refractivity contribution in [1.29, 1.82) is 0 Å². The summed E-state index contributed by atoms with van der Waals surface area (Å²) < 4.78 is 32.6. The van der Waals surface area contributed by atoms with Crippen molar-refractivity contribution in [2.45, 2.75) is 43.0 Å². The fourth-order valence-corrected chi connectivity index (χ4v) is 4.81. The molecule has 2 aliphatic heterocycles. The molecule has 7 heteroatoms. The van der Waals surface area contributed by atoms with E-state index in [2.05, 4.69) is 0 Å². The van der Waals surface area contributed by atoms with Gasteiger partial charge in [-0.15, -0.1) is 0 Å². The molecule has 4 rings (SSSR count).